The van der Waals surface area contributed by atoms with Gasteiger partial charge in [-0.1, -0.05) is 24.6 Å². The lowest BCUT2D eigenvalue weighted by atomic mass is 10.1. The van der Waals surface area contributed by atoms with Gasteiger partial charge in [-0.2, -0.15) is 0 Å². The molecule has 0 aliphatic carbocycles. The van der Waals surface area contributed by atoms with Gasteiger partial charge in [-0.25, -0.2) is 0 Å². The van der Waals surface area contributed by atoms with Gasteiger partial charge in [-0.05, 0) is 58.4 Å². The second-order valence-electron chi connectivity index (χ2n) is 5.58. The fourth-order valence-electron chi connectivity index (χ4n) is 1.68. The maximum atomic E-state index is 6.26. The molecule has 0 radical (unpaired) electrons. The van der Waals surface area contributed by atoms with Gasteiger partial charge in [0.1, 0.15) is 11.4 Å². The summed E-state index contributed by atoms with van der Waals surface area (Å²) in [6, 6.07) is 6.31. The van der Waals surface area contributed by atoms with E-state index in [-0.39, 0.29) is 5.60 Å². The van der Waals surface area contributed by atoms with Crippen molar-refractivity contribution >= 4 is 11.6 Å². The Balaban J connectivity index is 2.79. The zero-order valence-corrected chi connectivity index (χ0v) is 12.8. The Morgan fingerprint density at radius 3 is 2.50 bits per heavy atom. The van der Waals surface area contributed by atoms with Crippen molar-refractivity contribution in [2.45, 2.75) is 52.7 Å². The van der Waals surface area contributed by atoms with Crippen LogP contribution in [0.3, 0.4) is 0 Å². The molecular formula is C15H24ClNO. The molecule has 0 bridgehead atoms. The van der Waals surface area contributed by atoms with Crippen LogP contribution in [-0.2, 0) is 0 Å². The molecule has 2 nitrogen and oxygen atoms in total. The van der Waals surface area contributed by atoms with Gasteiger partial charge >= 0.3 is 0 Å². The van der Waals surface area contributed by atoms with Crippen molar-refractivity contribution in [3.05, 3.63) is 28.8 Å². The quantitative estimate of drug-likeness (QED) is 0.845. The number of hydrogen-bond donors (Lipinski definition) is 1. The Kier molecular flexibility index (Phi) is 5.48. The molecule has 1 aromatic carbocycles. The molecule has 0 fully saturated rings. The predicted molar refractivity (Wildman–Crippen MR) is 78.5 cm³/mol. The van der Waals surface area contributed by atoms with E-state index in [0.29, 0.717) is 11.1 Å². The first-order valence-electron chi connectivity index (χ1n) is 6.55. The lowest BCUT2D eigenvalue weighted by molar-refractivity contribution is 0.131. The minimum Gasteiger partial charge on any atom is -0.487 e. The van der Waals surface area contributed by atoms with Gasteiger partial charge in [-0.15, -0.1) is 0 Å². The van der Waals surface area contributed by atoms with Crippen LogP contribution in [0, 0.1) is 0 Å². The molecule has 0 aliphatic heterocycles. The molecule has 1 rings (SSSR count). The van der Waals surface area contributed by atoms with E-state index in [0.717, 1.165) is 18.7 Å². The Bertz CT molecular complexity index is 385. The second kappa shape index (κ2) is 6.44. The third kappa shape index (κ3) is 4.87. The highest BCUT2D eigenvalue weighted by atomic mass is 35.5. The van der Waals surface area contributed by atoms with Crippen LogP contribution in [0.15, 0.2) is 18.2 Å². The largest absolute Gasteiger partial charge is 0.487 e. The number of hydrogen-bond acceptors (Lipinski definition) is 2. The minimum atomic E-state index is -0.225. The SMILES string of the molecule is CCCNC(C)c1ccc(OC(C)(C)C)c(Cl)c1. The smallest absolute Gasteiger partial charge is 0.138 e. The number of rotatable bonds is 5. The summed E-state index contributed by atoms with van der Waals surface area (Å²) in [5.41, 5.74) is 0.965. The molecule has 1 N–H and O–H groups in total. The molecule has 0 aliphatic rings. The van der Waals surface area contributed by atoms with Crippen molar-refractivity contribution in [1.82, 2.24) is 5.32 Å². The normalized spacial score (nSPS) is 13.4. The molecule has 1 unspecified atom stereocenters. The number of ether oxygens (including phenoxy) is 1. The van der Waals surface area contributed by atoms with E-state index in [9.17, 15) is 0 Å². The van der Waals surface area contributed by atoms with Crippen LogP contribution in [0.25, 0.3) is 0 Å². The molecule has 0 spiro atoms. The monoisotopic (exact) mass is 269 g/mol. The first kappa shape index (κ1) is 15.3. The fourth-order valence-corrected chi connectivity index (χ4v) is 1.91. The van der Waals surface area contributed by atoms with Crippen molar-refractivity contribution in [3.8, 4) is 5.75 Å². The van der Waals surface area contributed by atoms with E-state index in [1.807, 2.05) is 32.9 Å². The van der Waals surface area contributed by atoms with E-state index in [1.165, 1.54) is 5.56 Å². The standard InChI is InChI=1S/C15H24ClNO/c1-6-9-17-11(2)12-7-8-14(13(16)10-12)18-15(3,4)5/h7-8,10-11,17H,6,9H2,1-5H3. The summed E-state index contributed by atoms with van der Waals surface area (Å²) in [7, 11) is 0. The first-order chi connectivity index (χ1) is 8.33. The highest BCUT2D eigenvalue weighted by Crippen LogP contribution is 2.30. The average molecular weight is 270 g/mol. The first-order valence-corrected chi connectivity index (χ1v) is 6.93. The highest BCUT2D eigenvalue weighted by Gasteiger charge is 2.15. The number of halogens is 1. The van der Waals surface area contributed by atoms with Crippen LogP contribution >= 0.6 is 11.6 Å². The maximum Gasteiger partial charge on any atom is 0.138 e. The van der Waals surface area contributed by atoms with Crippen LogP contribution in [0.1, 0.15) is 52.6 Å². The molecule has 1 atom stereocenters. The van der Waals surface area contributed by atoms with E-state index in [1.54, 1.807) is 0 Å². The molecule has 0 saturated carbocycles. The van der Waals surface area contributed by atoms with Crippen molar-refractivity contribution < 1.29 is 4.74 Å². The van der Waals surface area contributed by atoms with Crippen LogP contribution in [0.2, 0.25) is 5.02 Å². The predicted octanol–water partition coefficient (Wildman–Crippen LogP) is 4.58. The minimum absolute atomic E-state index is 0.225. The maximum absolute atomic E-state index is 6.26. The Hall–Kier alpha value is -0.730. The zero-order chi connectivity index (χ0) is 13.8. The Labute approximate surface area is 116 Å². The molecule has 0 aromatic heterocycles. The lowest BCUT2D eigenvalue weighted by Gasteiger charge is -2.23. The topological polar surface area (TPSA) is 21.3 Å². The summed E-state index contributed by atoms with van der Waals surface area (Å²) < 4.78 is 5.80. The van der Waals surface area contributed by atoms with Crippen LogP contribution in [0.4, 0.5) is 0 Å². The Morgan fingerprint density at radius 1 is 1.33 bits per heavy atom. The molecular weight excluding hydrogens is 246 g/mol. The van der Waals surface area contributed by atoms with Gasteiger partial charge < -0.3 is 10.1 Å². The highest BCUT2D eigenvalue weighted by molar-refractivity contribution is 6.32. The van der Waals surface area contributed by atoms with Gasteiger partial charge in [0.2, 0.25) is 0 Å². The van der Waals surface area contributed by atoms with Gasteiger partial charge in [-0.3, -0.25) is 0 Å². The average Bonchev–Trinajstić information content (AvgIpc) is 2.27. The van der Waals surface area contributed by atoms with Crippen molar-refractivity contribution in [2.75, 3.05) is 6.54 Å². The van der Waals surface area contributed by atoms with Gasteiger partial charge in [0.05, 0.1) is 5.02 Å². The number of benzene rings is 1. The van der Waals surface area contributed by atoms with Gasteiger partial charge in [0.15, 0.2) is 0 Å². The third-order valence-electron chi connectivity index (χ3n) is 2.57. The summed E-state index contributed by atoms with van der Waals surface area (Å²) in [5.74, 6) is 0.746. The summed E-state index contributed by atoms with van der Waals surface area (Å²) in [5, 5.41) is 4.12. The summed E-state index contributed by atoms with van der Waals surface area (Å²) >= 11 is 6.26. The second-order valence-corrected chi connectivity index (χ2v) is 5.99. The van der Waals surface area contributed by atoms with E-state index >= 15 is 0 Å². The van der Waals surface area contributed by atoms with Crippen molar-refractivity contribution in [2.24, 2.45) is 0 Å². The van der Waals surface area contributed by atoms with Crippen LogP contribution < -0.4 is 10.1 Å². The molecule has 0 heterocycles. The summed E-state index contributed by atoms with van der Waals surface area (Å²) in [6.45, 7) is 11.4. The summed E-state index contributed by atoms with van der Waals surface area (Å²) in [6.07, 6.45) is 1.13. The number of nitrogens with one attached hydrogen (secondary N) is 1. The Morgan fingerprint density at radius 2 is 2.00 bits per heavy atom. The molecule has 102 valence electrons. The molecule has 3 heteroatoms. The summed E-state index contributed by atoms with van der Waals surface area (Å²) in [4.78, 5) is 0. The molecule has 1 aromatic rings. The van der Waals surface area contributed by atoms with Gasteiger partial charge in [0, 0.05) is 6.04 Å². The third-order valence-corrected chi connectivity index (χ3v) is 2.87. The van der Waals surface area contributed by atoms with E-state index in [2.05, 4.69) is 25.2 Å². The van der Waals surface area contributed by atoms with Gasteiger partial charge in [0.25, 0.3) is 0 Å². The van der Waals surface area contributed by atoms with E-state index in [4.69, 9.17) is 16.3 Å². The molecule has 18 heavy (non-hydrogen) atoms. The fraction of sp³-hybridized carbons (Fsp3) is 0.600. The van der Waals surface area contributed by atoms with Crippen molar-refractivity contribution in [3.63, 3.8) is 0 Å². The van der Waals surface area contributed by atoms with Crippen molar-refractivity contribution in [1.29, 1.82) is 0 Å². The zero-order valence-electron chi connectivity index (χ0n) is 12.0. The molecule has 0 amide bonds. The van der Waals surface area contributed by atoms with Crippen LogP contribution in [-0.4, -0.2) is 12.1 Å². The van der Waals surface area contributed by atoms with E-state index < -0.39 is 0 Å². The van der Waals surface area contributed by atoms with Crippen LogP contribution in [0.5, 0.6) is 5.75 Å². The lowest BCUT2D eigenvalue weighted by Crippen LogP contribution is -2.23. The molecule has 0 saturated heterocycles.